The van der Waals surface area contributed by atoms with E-state index in [1.807, 2.05) is 57.2 Å². The van der Waals surface area contributed by atoms with Gasteiger partial charge in [0.2, 0.25) is 0 Å². The molecule has 0 saturated heterocycles. The Bertz CT molecular complexity index is 804. The second-order valence-corrected chi connectivity index (χ2v) is 6.91. The van der Waals surface area contributed by atoms with Gasteiger partial charge in [-0.25, -0.2) is 10.2 Å². The van der Waals surface area contributed by atoms with E-state index < -0.39 is 5.54 Å². The van der Waals surface area contributed by atoms with E-state index in [0.717, 1.165) is 28.7 Å². The minimum absolute atomic E-state index is 0.350. The van der Waals surface area contributed by atoms with Crippen LogP contribution < -0.4 is 10.7 Å². The Morgan fingerprint density at radius 3 is 2.50 bits per heavy atom. The number of rotatable bonds is 6. The zero-order valence-corrected chi connectivity index (χ0v) is 16.0. The van der Waals surface area contributed by atoms with E-state index in [9.17, 15) is 4.79 Å². The number of benzene rings is 2. The molecule has 0 bridgehead atoms. The number of hydrazone groups is 1. The lowest BCUT2D eigenvalue weighted by Gasteiger charge is -2.27. The molecule has 0 saturated carbocycles. The van der Waals surface area contributed by atoms with E-state index >= 15 is 0 Å². The Morgan fingerprint density at radius 2 is 1.88 bits per heavy atom. The molecule has 0 unspecified atom stereocenters. The van der Waals surface area contributed by atoms with Gasteiger partial charge >= 0.3 is 6.03 Å². The number of hydrogen-bond acceptors (Lipinski definition) is 2. The van der Waals surface area contributed by atoms with Crippen molar-refractivity contribution in [1.82, 2.24) is 10.7 Å². The van der Waals surface area contributed by atoms with Gasteiger partial charge in [-0.15, -0.1) is 0 Å². The summed E-state index contributed by atoms with van der Waals surface area (Å²) in [5, 5.41) is 6.97. The first-order valence-corrected chi connectivity index (χ1v) is 8.78. The predicted octanol–water partition coefficient (Wildman–Crippen LogP) is 4.85. The minimum atomic E-state index is -0.534. The largest absolute Gasteiger partial charge is 0.335 e. The van der Waals surface area contributed by atoms with Gasteiger partial charge in [0.1, 0.15) is 0 Å². The molecule has 0 aliphatic carbocycles. The van der Waals surface area contributed by atoms with Crippen molar-refractivity contribution in [3.63, 3.8) is 0 Å². The van der Waals surface area contributed by atoms with Crippen molar-refractivity contribution in [1.29, 1.82) is 0 Å². The summed E-state index contributed by atoms with van der Waals surface area (Å²) in [6.45, 7) is 12.0. The van der Waals surface area contributed by atoms with Gasteiger partial charge in [0.15, 0.2) is 0 Å². The van der Waals surface area contributed by atoms with E-state index in [1.54, 1.807) is 6.21 Å². The van der Waals surface area contributed by atoms with Crippen molar-refractivity contribution in [2.75, 3.05) is 0 Å². The van der Waals surface area contributed by atoms with Crippen molar-refractivity contribution in [2.45, 2.75) is 39.7 Å². The quantitative estimate of drug-likeness (QED) is 0.568. The minimum Gasteiger partial charge on any atom is -0.328 e. The second-order valence-electron chi connectivity index (χ2n) is 6.91. The van der Waals surface area contributed by atoms with E-state index in [-0.39, 0.29) is 6.03 Å². The molecule has 4 heteroatoms. The van der Waals surface area contributed by atoms with Gasteiger partial charge in [0.05, 0.1) is 11.8 Å². The van der Waals surface area contributed by atoms with Crippen molar-refractivity contribution < 1.29 is 4.79 Å². The number of hydrogen-bond donors (Lipinski definition) is 2. The average molecular weight is 349 g/mol. The van der Waals surface area contributed by atoms with Crippen LogP contribution in [-0.2, 0) is 12.0 Å². The lowest BCUT2D eigenvalue weighted by Crippen LogP contribution is -2.45. The number of amides is 2. The van der Waals surface area contributed by atoms with E-state index in [0.29, 0.717) is 0 Å². The highest BCUT2D eigenvalue weighted by Gasteiger charge is 2.23. The van der Waals surface area contributed by atoms with Gasteiger partial charge in [0.25, 0.3) is 0 Å². The highest BCUT2D eigenvalue weighted by atomic mass is 16.2. The monoisotopic (exact) mass is 349 g/mol. The summed E-state index contributed by atoms with van der Waals surface area (Å²) in [4.78, 5) is 12.2. The molecule has 136 valence electrons. The zero-order valence-electron chi connectivity index (χ0n) is 16.0. The molecular weight excluding hydrogens is 322 g/mol. The fourth-order valence-corrected chi connectivity index (χ4v) is 2.56. The van der Waals surface area contributed by atoms with Crippen molar-refractivity contribution >= 4 is 17.8 Å². The van der Waals surface area contributed by atoms with Crippen molar-refractivity contribution in [2.24, 2.45) is 5.10 Å². The van der Waals surface area contributed by atoms with Crippen LogP contribution in [0.1, 0.15) is 49.9 Å². The zero-order chi connectivity index (χ0) is 19.2. The van der Waals surface area contributed by atoms with Crippen LogP contribution in [-0.4, -0.2) is 12.2 Å². The van der Waals surface area contributed by atoms with E-state index in [2.05, 4.69) is 41.5 Å². The molecule has 0 heterocycles. The highest BCUT2D eigenvalue weighted by molar-refractivity contribution is 5.82. The molecule has 2 N–H and O–H groups in total. The second kappa shape index (κ2) is 8.48. The lowest BCUT2D eigenvalue weighted by molar-refractivity contribution is 0.230. The van der Waals surface area contributed by atoms with Crippen molar-refractivity contribution in [3.05, 3.63) is 77.4 Å². The summed E-state index contributed by atoms with van der Waals surface area (Å²) < 4.78 is 0. The maximum Gasteiger partial charge on any atom is 0.335 e. The van der Waals surface area contributed by atoms with Gasteiger partial charge < -0.3 is 5.32 Å². The molecule has 4 nitrogen and oxygen atoms in total. The normalized spacial score (nSPS) is 11.4. The molecule has 2 amide bonds. The van der Waals surface area contributed by atoms with Crippen LogP contribution in [0.4, 0.5) is 4.79 Å². The van der Waals surface area contributed by atoms with Crippen molar-refractivity contribution in [3.8, 4) is 0 Å². The van der Waals surface area contributed by atoms with Crippen LogP contribution in [0.15, 0.2) is 60.2 Å². The SMILES string of the molecule is C=C(C)c1cccc(C(C)(C)NC(=O)N/N=C/c2ccc(CC)cc2)c1. The third kappa shape index (κ3) is 5.31. The number of nitrogens with zero attached hydrogens (tertiary/aromatic N) is 1. The molecule has 0 radical (unpaired) electrons. The summed E-state index contributed by atoms with van der Waals surface area (Å²) >= 11 is 0. The molecule has 0 atom stereocenters. The predicted molar refractivity (Wildman–Crippen MR) is 109 cm³/mol. The molecule has 0 fully saturated rings. The van der Waals surface area contributed by atoms with Crippen LogP contribution in [0.25, 0.3) is 5.57 Å². The van der Waals surface area contributed by atoms with Gasteiger partial charge in [0, 0.05) is 0 Å². The first kappa shape index (κ1) is 19.4. The molecule has 2 aromatic rings. The fourth-order valence-electron chi connectivity index (χ4n) is 2.56. The van der Waals surface area contributed by atoms with Crippen LogP contribution in [0.3, 0.4) is 0 Å². The number of aryl methyl sites for hydroxylation is 1. The number of allylic oxidation sites excluding steroid dienone is 1. The standard InChI is InChI=1S/C22H27N3O/c1-6-17-10-12-18(13-11-17)15-23-25-21(26)24-22(4,5)20-9-7-8-19(14-20)16(2)3/h7-15H,2,6H2,1,3-5H3,(H2,24,25,26)/b23-15+. The molecular formula is C22H27N3O. The maximum atomic E-state index is 12.2. The van der Waals surface area contributed by atoms with Gasteiger partial charge in [-0.3, -0.25) is 0 Å². The Kier molecular flexibility index (Phi) is 6.34. The number of nitrogens with one attached hydrogen (secondary N) is 2. The smallest absolute Gasteiger partial charge is 0.328 e. The van der Waals surface area contributed by atoms with Crippen LogP contribution in [0.5, 0.6) is 0 Å². The fraction of sp³-hybridized carbons (Fsp3) is 0.273. The molecule has 2 rings (SSSR count). The summed E-state index contributed by atoms with van der Waals surface area (Å²) in [6.07, 6.45) is 2.63. The third-order valence-electron chi connectivity index (χ3n) is 4.27. The molecule has 0 aliphatic rings. The lowest BCUT2D eigenvalue weighted by atomic mass is 9.92. The van der Waals surface area contributed by atoms with E-state index in [4.69, 9.17) is 0 Å². The summed E-state index contributed by atoms with van der Waals surface area (Å²) in [7, 11) is 0. The van der Waals surface area contributed by atoms with Gasteiger partial charge in [-0.05, 0) is 55.5 Å². The Balaban J connectivity index is 1.98. The highest BCUT2D eigenvalue weighted by Crippen LogP contribution is 2.23. The van der Waals surface area contributed by atoms with E-state index in [1.165, 1.54) is 5.56 Å². The third-order valence-corrected chi connectivity index (χ3v) is 4.27. The summed E-state index contributed by atoms with van der Waals surface area (Å²) in [6, 6.07) is 15.7. The number of urea groups is 1. The Morgan fingerprint density at radius 1 is 1.19 bits per heavy atom. The number of carbonyl (C=O) groups is 1. The molecule has 26 heavy (non-hydrogen) atoms. The molecule has 0 aliphatic heterocycles. The molecule has 2 aromatic carbocycles. The first-order valence-electron chi connectivity index (χ1n) is 8.78. The maximum absolute atomic E-state index is 12.2. The van der Waals surface area contributed by atoms with Crippen LogP contribution >= 0.6 is 0 Å². The Labute approximate surface area is 156 Å². The van der Waals surface area contributed by atoms with Gasteiger partial charge in [-0.1, -0.05) is 61.5 Å². The summed E-state index contributed by atoms with van der Waals surface area (Å²) in [5.41, 5.74) is 7.26. The van der Waals surface area contributed by atoms with Crippen LogP contribution in [0.2, 0.25) is 0 Å². The molecule has 0 spiro atoms. The number of carbonyl (C=O) groups excluding carboxylic acids is 1. The van der Waals surface area contributed by atoms with Crippen LogP contribution in [0, 0.1) is 0 Å². The first-order chi connectivity index (χ1) is 12.3. The van der Waals surface area contributed by atoms with Gasteiger partial charge in [-0.2, -0.15) is 5.10 Å². The molecule has 0 aromatic heterocycles. The summed E-state index contributed by atoms with van der Waals surface area (Å²) in [5.74, 6) is 0. The topological polar surface area (TPSA) is 53.5 Å². The average Bonchev–Trinajstić information content (AvgIpc) is 2.62. The Hall–Kier alpha value is -2.88.